The van der Waals surface area contributed by atoms with Crippen LogP contribution in [-0.2, 0) is 4.79 Å². The molecule has 2 N–H and O–H groups in total. The Hall–Kier alpha value is -1.62. The van der Waals surface area contributed by atoms with Crippen LogP contribution >= 0.6 is 15.9 Å². The second-order valence-electron chi connectivity index (χ2n) is 5.73. The number of carboxylic acid groups (broad SMARTS) is 1. The van der Waals surface area contributed by atoms with Crippen LogP contribution in [0.3, 0.4) is 0 Å². The van der Waals surface area contributed by atoms with E-state index in [1.165, 1.54) is 0 Å². The SMILES string of the molecule is CC(C)(CC(=O)O)CC(=O)c1c[nH]c2ccc(Br)cc12. The van der Waals surface area contributed by atoms with Gasteiger partial charge in [-0.3, -0.25) is 9.59 Å². The number of aliphatic carboxylic acids is 1. The minimum atomic E-state index is -0.885. The molecule has 2 rings (SSSR count). The lowest BCUT2D eigenvalue weighted by molar-refractivity contribution is -0.139. The van der Waals surface area contributed by atoms with Crippen molar-refractivity contribution >= 4 is 38.6 Å². The van der Waals surface area contributed by atoms with E-state index in [-0.39, 0.29) is 18.6 Å². The minimum Gasteiger partial charge on any atom is -0.481 e. The summed E-state index contributed by atoms with van der Waals surface area (Å²) < 4.78 is 0.906. The van der Waals surface area contributed by atoms with Gasteiger partial charge >= 0.3 is 5.97 Å². The van der Waals surface area contributed by atoms with Crippen molar-refractivity contribution in [3.63, 3.8) is 0 Å². The summed E-state index contributed by atoms with van der Waals surface area (Å²) in [4.78, 5) is 26.3. The Bertz CT molecular complexity index is 673. The van der Waals surface area contributed by atoms with Gasteiger partial charge in [0.15, 0.2) is 5.78 Å². The first-order valence-electron chi connectivity index (χ1n) is 6.30. The Kier molecular flexibility index (Phi) is 3.99. The maximum Gasteiger partial charge on any atom is 0.303 e. The molecule has 1 heterocycles. The standard InChI is InChI=1S/C15H16BrNO3/c1-15(2,7-14(19)20)6-13(18)11-8-17-12-4-3-9(16)5-10(11)12/h3-5,8,17H,6-7H2,1-2H3,(H,19,20). The zero-order chi connectivity index (χ0) is 14.9. The van der Waals surface area contributed by atoms with Crippen molar-refractivity contribution in [1.29, 1.82) is 0 Å². The highest BCUT2D eigenvalue weighted by Crippen LogP contribution is 2.30. The molecule has 2 aromatic rings. The summed E-state index contributed by atoms with van der Waals surface area (Å²) in [5, 5.41) is 9.73. The van der Waals surface area contributed by atoms with Gasteiger partial charge in [0.2, 0.25) is 0 Å². The summed E-state index contributed by atoms with van der Waals surface area (Å²) >= 11 is 3.39. The van der Waals surface area contributed by atoms with E-state index in [9.17, 15) is 9.59 Å². The second kappa shape index (κ2) is 5.40. The fourth-order valence-electron chi connectivity index (χ4n) is 2.33. The Balaban J connectivity index is 2.28. The highest BCUT2D eigenvalue weighted by atomic mass is 79.9. The quantitative estimate of drug-likeness (QED) is 0.810. The number of hydrogen-bond acceptors (Lipinski definition) is 2. The molecule has 0 saturated heterocycles. The van der Waals surface area contributed by atoms with Gasteiger partial charge in [0.25, 0.3) is 0 Å². The zero-order valence-electron chi connectivity index (χ0n) is 11.4. The Morgan fingerprint density at radius 3 is 2.65 bits per heavy atom. The maximum atomic E-state index is 12.4. The van der Waals surface area contributed by atoms with E-state index < -0.39 is 11.4 Å². The van der Waals surface area contributed by atoms with Gasteiger partial charge in [0, 0.05) is 33.6 Å². The molecule has 0 spiro atoms. The molecule has 0 fully saturated rings. The fraction of sp³-hybridized carbons (Fsp3) is 0.333. The first-order valence-corrected chi connectivity index (χ1v) is 7.09. The Morgan fingerprint density at radius 2 is 2.00 bits per heavy atom. The molecule has 0 aliphatic heterocycles. The van der Waals surface area contributed by atoms with E-state index in [1.807, 2.05) is 18.2 Å². The number of carbonyl (C=O) groups is 2. The van der Waals surface area contributed by atoms with E-state index in [4.69, 9.17) is 5.11 Å². The number of ketones is 1. The van der Waals surface area contributed by atoms with Gasteiger partial charge in [-0.25, -0.2) is 0 Å². The lowest BCUT2D eigenvalue weighted by Crippen LogP contribution is -2.21. The first kappa shape index (κ1) is 14.8. The number of fused-ring (bicyclic) bond motifs is 1. The third-order valence-corrected chi connectivity index (χ3v) is 3.71. The fourth-order valence-corrected chi connectivity index (χ4v) is 2.69. The summed E-state index contributed by atoms with van der Waals surface area (Å²) in [6.45, 7) is 3.59. The number of carboxylic acids is 1. The number of Topliss-reactive ketones (excluding diaryl/α,β-unsaturated/α-hetero) is 1. The van der Waals surface area contributed by atoms with Crippen molar-refractivity contribution in [2.45, 2.75) is 26.7 Å². The molecule has 0 amide bonds. The van der Waals surface area contributed by atoms with E-state index in [0.29, 0.717) is 5.56 Å². The number of carbonyl (C=O) groups excluding carboxylic acids is 1. The van der Waals surface area contributed by atoms with E-state index in [1.54, 1.807) is 20.0 Å². The van der Waals surface area contributed by atoms with Crippen molar-refractivity contribution in [3.8, 4) is 0 Å². The van der Waals surface area contributed by atoms with Crippen LogP contribution in [0.4, 0.5) is 0 Å². The Labute approximate surface area is 125 Å². The summed E-state index contributed by atoms with van der Waals surface area (Å²) in [6, 6.07) is 5.70. The van der Waals surface area contributed by atoms with Gasteiger partial charge in [-0.2, -0.15) is 0 Å². The average Bonchev–Trinajstić information content (AvgIpc) is 2.68. The van der Waals surface area contributed by atoms with Crippen LogP contribution in [-0.4, -0.2) is 21.8 Å². The molecule has 5 heteroatoms. The third-order valence-electron chi connectivity index (χ3n) is 3.21. The number of benzene rings is 1. The molecule has 1 aromatic heterocycles. The molecule has 0 saturated carbocycles. The largest absolute Gasteiger partial charge is 0.481 e. The number of aromatic nitrogens is 1. The summed E-state index contributed by atoms with van der Waals surface area (Å²) in [5.41, 5.74) is 0.950. The maximum absolute atomic E-state index is 12.4. The van der Waals surface area contributed by atoms with Gasteiger partial charge in [-0.1, -0.05) is 29.8 Å². The molecule has 0 aliphatic rings. The van der Waals surface area contributed by atoms with Crippen molar-refractivity contribution in [1.82, 2.24) is 4.98 Å². The average molecular weight is 338 g/mol. The van der Waals surface area contributed by atoms with Gasteiger partial charge < -0.3 is 10.1 Å². The molecule has 0 unspecified atom stereocenters. The molecule has 0 bridgehead atoms. The van der Waals surface area contributed by atoms with Crippen LogP contribution in [0.5, 0.6) is 0 Å². The highest BCUT2D eigenvalue weighted by Gasteiger charge is 2.26. The van der Waals surface area contributed by atoms with Crippen molar-refractivity contribution in [2.24, 2.45) is 5.41 Å². The monoisotopic (exact) mass is 337 g/mol. The van der Waals surface area contributed by atoms with Crippen molar-refractivity contribution < 1.29 is 14.7 Å². The topological polar surface area (TPSA) is 70.2 Å². The summed E-state index contributed by atoms with van der Waals surface area (Å²) in [6.07, 6.45) is 1.87. The van der Waals surface area contributed by atoms with Crippen LogP contribution in [0.2, 0.25) is 0 Å². The summed E-state index contributed by atoms with van der Waals surface area (Å²) in [7, 11) is 0. The van der Waals surface area contributed by atoms with Gasteiger partial charge in [-0.15, -0.1) is 0 Å². The van der Waals surface area contributed by atoms with Crippen LogP contribution in [0.25, 0.3) is 10.9 Å². The van der Waals surface area contributed by atoms with Crippen LogP contribution in [0.1, 0.15) is 37.0 Å². The molecule has 1 aromatic carbocycles. The molecule has 0 radical (unpaired) electrons. The van der Waals surface area contributed by atoms with Gasteiger partial charge in [0.1, 0.15) is 0 Å². The second-order valence-corrected chi connectivity index (χ2v) is 6.64. The molecular formula is C15H16BrNO3. The molecule has 0 aliphatic carbocycles. The Morgan fingerprint density at radius 1 is 1.30 bits per heavy atom. The zero-order valence-corrected chi connectivity index (χ0v) is 13.0. The predicted octanol–water partition coefficient (Wildman–Crippen LogP) is 4.00. The van der Waals surface area contributed by atoms with Gasteiger partial charge in [0.05, 0.1) is 6.42 Å². The number of rotatable bonds is 5. The lowest BCUT2D eigenvalue weighted by atomic mass is 9.82. The number of halogens is 1. The van der Waals surface area contributed by atoms with E-state index in [2.05, 4.69) is 20.9 Å². The number of aromatic amines is 1. The van der Waals surface area contributed by atoms with Crippen molar-refractivity contribution in [3.05, 3.63) is 34.4 Å². The van der Waals surface area contributed by atoms with E-state index in [0.717, 1.165) is 15.4 Å². The van der Waals surface area contributed by atoms with Crippen LogP contribution in [0.15, 0.2) is 28.9 Å². The predicted molar refractivity (Wildman–Crippen MR) is 81.0 cm³/mol. The number of H-pyrrole nitrogens is 1. The minimum absolute atomic E-state index is 0.0230. The first-order chi connectivity index (χ1) is 9.28. The normalized spacial score (nSPS) is 11.8. The smallest absolute Gasteiger partial charge is 0.303 e. The molecule has 20 heavy (non-hydrogen) atoms. The molecule has 4 nitrogen and oxygen atoms in total. The van der Waals surface area contributed by atoms with Crippen molar-refractivity contribution in [2.75, 3.05) is 0 Å². The van der Waals surface area contributed by atoms with Crippen LogP contribution < -0.4 is 0 Å². The highest BCUT2D eigenvalue weighted by molar-refractivity contribution is 9.10. The van der Waals surface area contributed by atoms with E-state index >= 15 is 0 Å². The number of nitrogens with one attached hydrogen (secondary N) is 1. The van der Waals surface area contributed by atoms with Crippen LogP contribution in [0, 0.1) is 5.41 Å². The molecule has 0 atom stereocenters. The number of hydrogen-bond donors (Lipinski definition) is 2. The summed E-state index contributed by atoms with van der Waals surface area (Å²) in [5.74, 6) is -0.926. The lowest BCUT2D eigenvalue weighted by Gasteiger charge is -2.21. The molecule has 106 valence electrons. The van der Waals surface area contributed by atoms with Gasteiger partial charge in [-0.05, 0) is 23.6 Å². The molecular weight excluding hydrogens is 322 g/mol. The third kappa shape index (κ3) is 3.28.